The fraction of sp³-hybridized carbons (Fsp3) is 0.750. The van der Waals surface area contributed by atoms with Crippen molar-refractivity contribution in [2.24, 2.45) is 17.3 Å². The van der Waals surface area contributed by atoms with Crippen molar-refractivity contribution in [2.45, 2.75) is 39.5 Å². The van der Waals surface area contributed by atoms with Crippen LogP contribution in [0, 0.1) is 17.3 Å². The molecular weight excluding hydrogens is 176 g/mol. The Hall–Kier alpha value is -0.790. The van der Waals surface area contributed by atoms with Crippen LogP contribution in [0.15, 0.2) is 11.6 Å². The molecule has 78 valence electrons. The van der Waals surface area contributed by atoms with Gasteiger partial charge in [-0.2, -0.15) is 0 Å². The summed E-state index contributed by atoms with van der Waals surface area (Å²) in [4.78, 5) is 10.9. The van der Waals surface area contributed by atoms with Gasteiger partial charge in [-0.1, -0.05) is 25.5 Å². The van der Waals surface area contributed by atoms with Crippen molar-refractivity contribution in [1.29, 1.82) is 0 Å². The maximum Gasteiger partial charge on any atom is 0.307 e. The minimum absolute atomic E-state index is 0.0125. The molecule has 2 atom stereocenters. The third-order valence-corrected chi connectivity index (χ3v) is 3.84. The van der Waals surface area contributed by atoms with Gasteiger partial charge in [0.2, 0.25) is 0 Å². The van der Waals surface area contributed by atoms with E-state index >= 15 is 0 Å². The molecule has 2 heteroatoms. The summed E-state index contributed by atoms with van der Waals surface area (Å²) in [6.45, 7) is 4.12. The summed E-state index contributed by atoms with van der Waals surface area (Å²) in [7, 11) is 0. The zero-order valence-electron chi connectivity index (χ0n) is 8.92. The highest BCUT2D eigenvalue weighted by Crippen LogP contribution is 2.59. The first kappa shape index (κ1) is 9.75. The number of carboxylic acid groups (broad SMARTS) is 1. The summed E-state index contributed by atoms with van der Waals surface area (Å²) in [5.74, 6) is -0.487. The second-order valence-corrected chi connectivity index (χ2v) is 5.20. The Morgan fingerprint density at radius 1 is 1.43 bits per heavy atom. The lowest BCUT2D eigenvalue weighted by Crippen LogP contribution is -2.03. The number of rotatable bonds is 2. The highest BCUT2D eigenvalue weighted by atomic mass is 16.4. The molecule has 0 radical (unpaired) electrons. The number of carbonyl (C=O) groups is 1. The first-order valence-electron chi connectivity index (χ1n) is 5.46. The van der Waals surface area contributed by atoms with Crippen molar-refractivity contribution < 1.29 is 9.90 Å². The second-order valence-electron chi connectivity index (χ2n) is 5.20. The van der Waals surface area contributed by atoms with E-state index < -0.39 is 5.97 Å². The van der Waals surface area contributed by atoms with E-state index in [2.05, 4.69) is 19.9 Å². The van der Waals surface area contributed by atoms with Crippen molar-refractivity contribution >= 4 is 5.97 Å². The largest absolute Gasteiger partial charge is 0.481 e. The lowest BCUT2D eigenvalue weighted by Gasteiger charge is -1.98. The van der Waals surface area contributed by atoms with E-state index in [4.69, 9.17) is 5.11 Å². The molecule has 2 rings (SSSR count). The van der Waals surface area contributed by atoms with Gasteiger partial charge in [0.15, 0.2) is 0 Å². The van der Waals surface area contributed by atoms with E-state index in [1.807, 2.05) is 0 Å². The van der Waals surface area contributed by atoms with Crippen molar-refractivity contribution in [3.63, 3.8) is 0 Å². The zero-order valence-corrected chi connectivity index (χ0v) is 8.92. The predicted octanol–water partition coefficient (Wildman–Crippen LogP) is 2.84. The molecule has 0 heterocycles. The van der Waals surface area contributed by atoms with Crippen LogP contribution in [-0.2, 0) is 4.79 Å². The maximum absolute atomic E-state index is 10.9. The SMILES string of the molecule is CC1(C)C(C=C2CCCC2)C1C(=O)O. The van der Waals surface area contributed by atoms with Crippen molar-refractivity contribution in [1.82, 2.24) is 0 Å². The first-order valence-corrected chi connectivity index (χ1v) is 5.46. The minimum atomic E-state index is -0.630. The molecule has 1 N–H and O–H groups in total. The van der Waals surface area contributed by atoms with Gasteiger partial charge in [-0.3, -0.25) is 4.79 Å². The Balaban J connectivity index is 2.07. The third-order valence-electron chi connectivity index (χ3n) is 3.84. The molecular formula is C12H18O2. The smallest absolute Gasteiger partial charge is 0.307 e. The Bertz CT molecular complexity index is 281. The molecule has 2 unspecified atom stereocenters. The van der Waals surface area contributed by atoms with Crippen LogP contribution in [0.3, 0.4) is 0 Å². The van der Waals surface area contributed by atoms with Gasteiger partial charge in [-0.05, 0) is 37.0 Å². The fourth-order valence-electron chi connectivity index (χ4n) is 2.71. The number of hydrogen-bond donors (Lipinski definition) is 1. The highest BCUT2D eigenvalue weighted by Gasteiger charge is 2.60. The monoisotopic (exact) mass is 194 g/mol. The van der Waals surface area contributed by atoms with Crippen molar-refractivity contribution in [3.05, 3.63) is 11.6 Å². The van der Waals surface area contributed by atoms with Crippen LogP contribution in [0.5, 0.6) is 0 Å². The van der Waals surface area contributed by atoms with Gasteiger partial charge in [-0.15, -0.1) is 0 Å². The Kier molecular flexibility index (Phi) is 2.17. The number of allylic oxidation sites excluding steroid dienone is 2. The van der Waals surface area contributed by atoms with Gasteiger partial charge in [0.25, 0.3) is 0 Å². The topological polar surface area (TPSA) is 37.3 Å². The molecule has 0 spiro atoms. The average Bonchev–Trinajstić information content (AvgIpc) is 2.50. The van der Waals surface area contributed by atoms with Crippen LogP contribution in [0.1, 0.15) is 39.5 Å². The van der Waals surface area contributed by atoms with Gasteiger partial charge in [0.05, 0.1) is 5.92 Å². The van der Waals surface area contributed by atoms with E-state index in [1.54, 1.807) is 0 Å². The summed E-state index contributed by atoms with van der Waals surface area (Å²) < 4.78 is 0. The normalized spacial score (nSPS) is 34.3. The van der Waals surface area contributed by atoms with Gasteiger partial charge in [0, 0.05) is 0 Å². The van der Waals surface area contributed by atoms with Crippen LogP contribution < -0.4 is 0 Å². The molecule has 2 aliphatic rings. The van der Waals surface area contributed by atoms with E-state index in [-0.39, 0.29) is 17.3 Å². The van der Waals surface area contributed by atoms with Crippen LogP contribution in [0.2, 0.25) is 0 Å². The van der Waals surface area contributed by atoms with Crippen LogP contribution in [0.25, 0.3) is 0 Å². The van der Waals surface area contributed by atoms with E-state index in [9.17, 15) is 4.79 Å². The zero-order chi connectivity index (χ0) is 10.3. The lowest BCUT2D eigenvalue weighted by atomic mass is 10.1. The molecule has 2 nitrogen and oxygen atoms in total. The van der Waals surface area contributed by atoms with Gasteiger partial charge in [0.1, 0.15) is 0 Å². The summed E-state index contributed by atoms with van der Waals surface area (Å²) in [5, 5.41) is 9.00. The maximum atomic E-state index is 10.9. The molecule has 0 aromatic rings. The van der Waals surface area contributed by atoms with Crippen LogP contribution in [-0.4, -0.2) is 11.1 Å². The standard InChI is InChI=1S/C12H18O2/c1-12(2)9(10(12)11(13)14)7-8-5-3-4-6-8/h7,9-10H,3-6H2,1-2H3,(H,13,14). The minimum Gasteiger partial charge on any atom is -0.481 e. The Morgan fingerprint density at radius 3 is 2.43 bits per heavy atom. The van der Waals surface area contributed by atoms with E-state index in [1.165, 1.54) is 31.3 Å². The molecule has 14 heavy (non-hydrogen) atoms. The predicted molar refractivity (Wildman–Crippen MR) is 54.9 cm³/mol. The van der Waals surface area contributed by atoms with Crippen LogP contribution >= 0.6 is 0 Å². The molecule has 0 aliphatic heterocycles. The molecule has 2 fully saturated rings. The quantitative estimate of drug-likeness (QED) is 0.686. The summed E-state index contributed by atoms with van der Waals surface area (Å²) in [6, 6.07) is 0. The van der Waals surface area contributed by atoms with Gasteiger partial charge in [-0.25, -0.2) is 0 Å². The second kappa shape index (κ2) is 3.11. The van der Waals surface area contributed by atoms with Crippen LogP contribution in [0.4, 0.5) is 0 Å². The molecule has 0 aromatic heterocycles. The Labute approximate surface area is 85.0 Å². The van der Waals surface area contributed by atoms with Gasteiger partial charge >= 0.3 is 5.97 Å². The summed E-state index contributed by atoms with van der Waals surface area (Å²) in [6.07, 6.45) is 7.21. The number of carboxylic acids is 1. The molecule has 2 aliphatic carbocycles. The van der Waals surface area contributed by atoms with Crippen molar-refractivity contribution in [3.8, 4) is 0 Å². The molecule has 2 saturated carbocycles. The number of aliphatic carboxylic acids is 1. The lowest BCUT2D eigenvalue weighted by molar-refractivity contribution is -0.139. The van der Waals surface area contributed by atoms with Gasteiger partial charge < -0.3 is 5.11 Å². The third kappa shape index (κ3) is 1.47. The summed E-state index contributed by atoms with van der Waals surface area (Å²) in [5.41, 5.74) is 1.48. The van der Waals surface area contributed by atoms with Crippen molar-refractivity contribution in [2.75, 3.05) is 0 Å². The average molecular weight is 194 g/mol. The van der Waals surface area contributed by atoms with E-state index in [0.717, 1.165) is 0 Å². The molecule has 0 bridgehead atoms. The van der Waals surface area contributed by atoms with E-state index in [0.29, 0.717) is 0 Å². The Morgan fingerprint density at radius 2 is 2.00 bits per heavy atom. The molecule has 0 aromatic carbocycles. The number of hydrogen-bond acceptors (Lipinski definition) is 1. The highest BCUT2D eigenvalue weighted by molar-refractivity contribution is 5.76. The fourth-order valence-corrected chi connectivity index (χ4v) is 2.71. The first-order chi connectivity index (χ1) is 6.53. The molecule has 0 amide bonds. The molecule has 0 saturated heterocycles. The summed E-state index contributed by atoms with van der Waals surface area (Å²) >= 11 is 0.